The van der Waals surface area contributed by atoms with Crippen molar-refractivity contribution in [2.75, 3.05) is 6.73 Å². The molecule has 0 fully saturated rings. The van der Waals surface area contributed by atoms with Gasteiger partial charge in [0.25, 0.3) is 0 Å². The van der Waals surface area contributed by atoms with Crippen molar-refractivity contribution < 1.29 is 13.9 Å². The Morgan fingerprint density at radius 2 is 2.17 bits per heavy atom. The number of nitrogens with zero attached hydrogens (tertiary/aromatic N) is 1. The van der Waals surface area contributed by atoms with Gasteiger partial charge in [-0.15, -0.1) is 0 Å². The Morgan fingerprint density at radius 3 is 2.17 bits per heavy atom. The maximum Gasteiger partial charge on any atom is 0.309 e. The molecule has 0 aromatic carbocycles. The second-order valence-corrected chi connectivity index (χ2v) is 0.602. The van der Waals surface area contributed by atoms with Crippen LogP contribution >= 0.6 is 0 Å². The first kappa shape index (κ1) is 5.78. The summed E-state index contributed by atoms with van der Waals surface area (Å²) in [7, 11) is 0. The number of alkyl halides is 2. The highest BCUT2D eigenvalue weighted by Crippen LogP contribution is 1.83. The molecule has 1 N–H and O–H groups in total. The van der Waals surface area contributed by atoms with Crippen LogP contribution in [0.2, 0.25) is 0 Å². The highest BCUT2D eigenvalue weighted by Gasteiger charge is 1.96. The molecule has 0 spiro atoms. The van der Waals surface area contributed by atoms with Crippen molar-refractivity contribution in [3.63, 3.8) is 0 Å². The van der Waals surface area contributed by atoms with E-state index in [1.807, 2.05) is 0 Å². The number of rotatable bonds is 2. The largest absolute Gasteiger partial charge is 0.380 e. The SMILES string of the molecule is OC[N]C(F)F. The van der Waals surface area contributed by atoms with Crippen LogP contribution in [0.25, 0.3) is 0 Å². The molecule has 0 rings (SSSR count). The molecule has 37 valence electrons. The predicted octanol–water partition coefficient (Wildman–Crippen LogP) is -0.237. The number of halogens is 2. The van der Waals surface area contributed by atoms with E-state index in [1.165, 1.54) is 0 Å². The fraction of sp³-hybridized carbons (Fsp3) is 1.00. The first-order chi connectivity index (χ1) is 2.77. The van der Waals surface area contributed by atoms with E-state index in [-0.39, 0.29) is 0 Å². The van der Waals surface area contributed by atoms with Crippen molar-refractivity contribution in [2.24, 2.45) is 0 Å². The van der Waals surface area contributed by atoms with Crippen molar-refractivity contribution in [1.82, 2.24) is 5.32 Å². The number of aliphatic hydroxyl groups is 1. The Balaban J connectivity index is 2.63. The molecule has 1 radical (unpaired) electrons. The van der Waals surface area contributed by atoms with E-state index in [0.717, 1.165) is 0 Å². The zero-order valence-electron chi connectivity index (χ0n) is 2.93. The van der Waals surface area contributed by atoms with Crippen LogP contribution in [0.5, 0.6) is 0 Å². The van der Waals surface area contributed by atoms with Gasteiger partial charge in [-0.3, -0.25) is 0 Å². The van der Waals surface area contributed by atoms with Crippen LogP contribution in [0, 0.1) is 0 Å². The van der Waals surface area contributed by atoms with Crippen molar-refractivity contribution in [3.05, 3.63) is 0 Å². The fourth-order valence-corrected chi connectivity index (χ4v) is 0.0617. The lowest BCUT2D eigenvalue weighted by Crippen LogP contribution is -2.11. The van der Waals surface area contributed by atoms with Crippen LogP contribution in [-0.4, -0.2) is 18.4 Å². The van der Waals surface area contributed by atoms with Gasteiger partial charge in [-0.1, -0.05) is 0 Å². The smallest absolute Gasteiger partial charge is 0.309 e. The molecule has 0 bridgehead atoms. The summed E-state index contributed by atoms with van der Waals surface area (Å²) in [6.45, 7) is -3.52. The molecule has 0 aromatic rings. The molecule has 0 amide bonds. The zero-order valence-corrected chi connectivity index (χ0v) is 2.93. The van der Waals surface area contributed by atoms with Crippen LogP contribution < -0.4 is 5.32 Å². The number of hydrogen-bond donors (Lipinski definition) is 1. The summed E-state index contributed by atoms with van der Waals surface area (Å²) in [6, 6.07) is 0. The van der Waals surface area contributed by atoms with Gasteiger partial charge in [0, 0.05) is 0 Å². The summed E-state index contributed by atoms with van der Waals surface area (Å²) in [6.07, 6.45) is 0. The fourth-order valence-electron chi connectivity index (χ4n) is 0.0617. The van der Waals surface area contributed by atoms with Gasteiger partial charge in [0.2, 0.25) is 0 Å². The minimum Gasteiger partial charge on any atom is -0.380 e. The van der Waals surface area contributed by atoms with E-state index >= 15 is 0 Å². The minimum absolute atomic E-state index is 0.794. The molecular formula is C2H4F2NO. The summed E-state index contributed by atoms with van der Waals surface area (Å²) < 4.78 is 21.4. The van der Waals surface area contributed by atoms with Gasteiger partial charge in [-0.25, -0.2) is 0 Å². The first-order valence-corrected chi connectivity index (χ1v) is 1.33. The highest BCUT2D eigenvalue weighted by molar-refractivity contribution is 4.21. The zero-order chi connectivity index (χ0) is 4.99. The molecular weight excluding hydrogens is 92.0 g/mol. The average molecular weight is 96.1 g/mol. The number of hydrogen-bond acceptors (Lipinski definition) is 1. The van der Waals surface area contributed by atoms with Gasteiger partial charge in [0.1, 0.15) is 6.73 Å². The van der Waals surface area contributed by atoms with Gasteiger partial charge >= 0.3 is 6.55 Å². The van der Waals surface area contributed by atoms with Crippen LogP contribution in [0.4, 0.5) is 8.78 Å². The summed E-state index contributed by atoms with van der Waals surface area (Å²) in [5.41, 5.74) is 0. The predicted molar refractivity (Wildman–Crippen MR) is 15.2 cm³/mol. The molecule has 0 unspecified atom stereocenters. The molecule has 0 saturated heterocycles. The molecule has 2 nitrogen and oxygen atoms in total. The van der Waals surface area contributed by atoms with Crippen LogP contribution in [0.15, 0.2) is 0 Å². The lowest BCUT2D eigenvalue weighted by molar-refractivity contribution is 0.0669. The maximum absolute atomic E-state index is 10.7. The van der Waals surface area contributed by atoms with Gasteiger partial charge in [0.05, 0.1) is 0 Å². The van der Waals surface area contributed by atoms with Gasteiger partial charge in [-0.05, 0) is 0 Å². The quantitative estimate of drug-likeness (QED) is 0.473. The topological polar surface area (TPSA) is 34.3 Å². The van der Waals surface area contributed by atoms with E-state index in [2.05, 4.69) is 5.32 Å². The lowest BCUT2D eigenvalue weighted by Gasteiger charge is -1.88. The average Bonchev–Trinajstić information content (AvgIpc) is 1.35. The summed E-state index contributed by atoms with van der Waals surface area (Å²) >= 11 is 0. The Morgan fingerprint density at radius 1 is 1.67 bits per heavy atom. The first-order valence-electron chi connectivity index (χ1n) is 1.33. The number of aliphatic hydroxyl groups excluding tert-OH is 1. The third-order valence-corrected chi connectivity index (χ3v) is 0.220. The van der Waals surface area contributed by atoms with E-state index < -0.39 is 13.3 Å². The van der Waals surface area contributed by atoms with Gasteiger partial charge < -0.3 is 5.11 Å². The van der Waals surface area contributed by atoms with E-state index in [4.69, 9.17) is 5.11 Å². The van der Waals surface area contributed by atoms with Crippen LogP contribution in [0.3, 0.4) is 0 Å². The van der Waals surface area contributed by atoms with Crippen LogP contribution in [-0.2, 0) is 0 Å². The Kier molecular flexibility index (Phi) is 2.88. The van der Waals surface area contributed by atoms with Crippen LogP contribution in [0.1, 0.15) is 0 Å². The second-order valence-electron chi connectivity index (χ2n) is 0.602. The maximum atomic E-state index is 10.7. The van der Waals surface area contributed by atoms with E-state index in [9.17, 15) is 8.78 Å². The monoisotopic (exact) mass is 96.0 g/mol. The third kappa shape index (κ3) is 3.78. The molecule has 0 saturated carbocycles. The molecule has 0 aromatic heterocycles. The molecule has 6 heavy (non-hydrogen) atoms. The van der Waals surface area contributed by atoms with Crippen molar-refractivity contribution in [1.29, 1.82) is 0 Å². The third-order valence-electron chi connectivity index (χ3n) is 0.220. The highest BCUT2D eigenvalue weighted by atomic mass is 19.3. The van der Waals surface area contributed by atoms with E-state index in [0.29, 0.717) is 0 Å². The summed E-state index contributed by atoms with van der Waals surface area (Å²) in [5, 5.41) is 9.94. The Labute approximate surface area is 33.8 Å². The molecule has 0 aliphatic rings. The van der Waals surface area contributed by atoms with Gasteiger partial charge in [-0.2, -0.15) is 14.1 Å². The van der Waals surface area contributed by atoms with Crippen molar-refractivity contribution in [3.8, 4) is 0 Å². The Bertz CT molecular complexity index is 32.7. The van der Waals surface area contributed by atoms with E-state index in [1.54, 1.807) is 0 Å². The standard InChI is InChI=1S/C2H4F2NO/c3-2(4)5-1-6/h2,6H,1H2. The van der Waals surface area contributed by atoms with Crippen molar-refractivity contribution >= 4 is 0 Å². The summed E-state index contributed by atoms with van der Waals surface area (Å²) in [4.78, 5) is 0. The second kappa shape index (κ2) is 2.99. The molecule has 0 atom stereocenters. The molecule has 0 aliphatic carbocycles. The Hall–Kier alpha value is -0.220. The minimum atomic E-state index is -2.73. The van der Waals surface area contributed by atoms with Crippen molar-refractivity contribution in [2.45, 2.75) is 6.55 Å². The lowest BCUT2D eigenvalue weighted by atomic mass is 11.1. The molecule has 0 aliphatic heterocycles. The molecule has 4 heteroatoms. The summed E-state index contributed by atoms with van der Waals surface area (Å²) in [5.74, 6) is 0. The van der Waals surface area contributed by atoms with Gasteiger partial charge in [0.15, 0.2) is 0 Å². The molecule has 0 heterocycles. The normalized spacial score (nSPS) is 10.0.